The fraction of sp³-hybridized carbons (Fsp3) is 0.423. The number of para-hydroxylation sites is 2. The smallest absolute Gasteiger partial charge is 0.191 e. The standard InChI is InChI=1S/C26H35N5O2.HI/c1-2-27-26(28-12-11-21-19-29-24-9-5-4-8-23(21)24)30-20-22-7-3-6-10-25(22)33-18-15-31-13-16-32-17-14-31;/h3-10,19,29H,2,11-18,20H2,1H3,(H2,27,28,30);1H. The van der Waals surface area contributed by atoms with Crippen molar-refractivity contribution in [3.05, 3.63) is 65.9 Å². The average Bonchev–Trinajstić information content (AvgIpc) is 3.27. The number of nitrogens with zero attached hydrogens (tertiary/aromatic N) is 2. The van der Waals surface area contributed by atoms with Gasteiger partial charge in [0, 0.05) is 55.4 Å². The largest absolute Gasteiger partial charge is 0.492 e. The van der Waals surface area contributed by atoms with E-state index in [-0.39, 0.29) is 24.0 Å². The van der Waals surface area contributed by atoms with E-state index in [4.69, 9.17) is 14.5 Å². The molecule has 7 nitrogen and oxygen atoms in total. The van der Waals surface area contributed by atoms with Crippen LogP contribution in [0.5, 0.6) is 5.75 Å². The van der Waals surface area contributed by atoms with Crippen LogP contribution in [0, 0.1) is 0 Å². The summed E-state index contributed by atoms with van der Waals surface area (Å²) in [6.45, 7) is 9.44. The van der Waals surface area contributed by atoms with E-state index in [1.54, 1.807) is 0 Å². The molecule has 34 heavy (non-hydrogen) atoms. The van der Waals surface area contributed by atoms with Crippen LogP contribution in [-0.4, -0.2) is 68.4 Å². The van der Waals surface area contributed by atoms with E-state index in [2.05, 4.69) is 64.0 Å². The summed E-state index contributed by atoms with van der Waals surface area (Å²) in [7, 11) is 0. The Bertz CT molecular complexity index is 1030. The molecule has 0 spiro atoms. The number of nitrogens with one attached hydrogen (secondary N) is 3. The molecule has 8 heteroatoms. The summed E-state index contributed by atoms with van der Waals surface area (Å²) >= 11 is 0. The van der Waals surface area contributed by atoms with Gasteiger partial charge in [0.05, 0.1) is 19.8 Å². The predicted molar refractivity (Wildman–Crippen MR) is 149 cm³/mol. The van der Waals surface area contributed by atoms with Crippen LogP contribution in [0.4, 0.5) is 0 Å². The Morgan fingerprint density at radius 2 is 1.85 bits per heavy atom. The Morgan fingerprint density at radius 3 is 2.71 bits per heavy atom. The molecule has 184 valence electrons. The monoisotopic (exact) mass is 577 g/mol. The van der Waals surface area contributed by atoms with E-state index in [1.807, 2.05) is 18.2 Å². The number of H-pyrrole nitrogens is 1. The maximum atomic E-state index is 6.11. The summed E-state index contributed by atoms with van der Waals surface area (Å²) in [4.78, 5) is 10.5. The Kier molecular flexibility index (Phi) is 11.0. The normalized spacial score (nSPS) is 14.6. The molecule has 0 amide bonds. The third kappa shape index (κ3) is 7.61. The lowest BCUT2D eigenvalue weighted by molar-refractivity contribution is 0.0322. The fourth-order valence-corrected chi connectivity index (χ4v) is 4.04. The molecule has 0 saturated carbocycles. The number of benzene rings is 2. The van der Waals surface area contributed by atoms with Gasteiger partial charge in [-0.1, -0.05) is 36.4 Å². The van der Waals surface area contributed by atoms with Crippen LogP contribution in [0.3, 0.4) is 0 Å². The first kappa shape index (κ1) is 26.3. The minimum atomic E-state index is 0. The number of fused-ring (bicyclic) bond motifs is 1. The van der Waals surface area contributed by atoms with Crippen molar-refractivity contribution in [1.82, 2.24) is 20.5 Å². The molecule has 2 heterocycles. The summed E-state index contributed by atoms with van der Waals surface area (Å²) in [5.74, 6) is 1.73. The summed E-state index contributed by atoms with van der Waals surface area (Å²) < 4.78 is 11.5. The predicted octanol–water partition coefficient (Wildman–Crippen LogP) is 3.79. The zero-order valence-electron chi connectivity index (χ0n) is 19.9. The lowest BCUT2D eigenvalue weighted by Crippen LogP contribution is -2.38. The van der Waals surface area contributed by atoms with Crippen molar-refractivity contribution < 1.29 is 9.47 Å². The molecular formula is C26H36IN5O2. The van der Waals surface area contributed by atoms with Gasteiger partial charge in [-0.3, -0.25) is 4.90 Å². The van der Waals surface area contributed by atoms with Crippen molar-refractivity contribution in [3.63, 3.8) is 0 Å². The van der Waals surface area contributed by atoms with Gasteiger partial charge in [-0.2, -0.15) is 0 Å². The molecule has 2 aromatic carbocycles. The van der Waals surface area contributed by atoms with Gasteiger partial charge in [0.1, 0.15) is 12.4 Å². The van der Waals surface area contributed by atoms with E-state index in [1.165, 1.54) is 16.5 Å². The van der Waals surface area contributed by atoms with Crippen molar-refractivity contribution in [2.75, 3.05) is 52.5 Å². The molecule has 1 aromatic heterocycles. The third-order valence-corrected chi connectivity index (χ3v) is 5.85. The minimum Gasteiger partial charge on any atom is -0.492 e. The highest BCUT2D eigenvalue weighted by Crippen LogP contribution is 2.19. The Balaban J connectivity index is 0.00000324. The topological polar surface area (TPSA) is 73.9 Å². The molecule has 1 aliphatic rings. The molecule has 3 aromatic rings. The number of aromatic nitrogens is 1. The first-order chi connectivity index (χ1) is 16.3. The van der Waals surface area contributed by atoms with Crippen LogP contribution in [0.15, 0.2) is 59.7 Å². The van der Waals surface area contributed by atoms with Gasteiger partial charge in [0.25, 0.3) is 0 Å². The number of guanidine groups is 1. The summed E-state index contributed by atoms with van der Waals surface area (Å²) in [5, 5.41) is 8.09. The van der Waals surface area contributed by atoms with E-state index in [9.17, 15) is 0 Å². The number of ether oxygens (including phenoxy) is 2. The zero-order chi connectivity index (χ0) is 22.7. The highest BCUT2D eigenvalue weighted by Gasteiger charge is 2.11. The Hall–Kier alpha value is -2.30. The van der Waals surface area contributed by atoms with E-state index < -0.39 is 0 Å². The number of rotatable bonds is 10. The molecule has 1 saturated heterocycles. The highest BCUT2D eigenvalue weighted by atomic mass is 127. The van der Waals surface area contributed by atoms with Crippen molar-refractivity contribution in [3.8, 4) is 5.75 Å². The third-order valence-electron chi connectivity index (χ3n) is 5.85. The second-order valence-corrected chi connectivity index (χ2v) is 8.14. The van der Waals surface area contributed by atoms with Crippen molar-refractivity contribution in [1.29, 1.82) is 0 Å². The van der Waals surface area contributed by atoms with Gasteiger partial charge >= 0.3 is 0 Å². The highest BCUT2D eigenvalue weighted by molar-refractivity contribution is 14.0. The van der Waals surface area contributed by atoms with Gasteiger partial charge < -0.3 is 25.1 Å². The number of morpholine rings is 1. The molecular weight excluding hydrogens is 541 g/mol. The molecule has 1 fully saturated rings. The van der Waals surface area contributed by atoms with Crippen LogP contribution in [0.25, 0.3) is 10.9 Å². The quantitative estimate of drug-likeness (QED) is 0.194. The number of hydrogen-bond acceptors (Lipinski definition) is 4. The molecule has 0 radical (unpaired) electrons. The van der Waals surface area contributed by atoms with Gasteiger partial charge in [-0.15, -0.1) is 24.0 Å². The van der Waals surface area contributed by atoms with Gasteiger partial charge in [-0.05, 0) is 31.0 Å². The lowest BCUT2D eigenvalue weighted by Gasteiger charge is -2.26. The number of hydrogen-bond donors (Lipinski definition) is 3. The SMILES string of the molecule is CCNC(=NCc1ccccc1OCCN1CCOCC1)NCCc1c[nH]c2ccccc12.I. The van der Waals surface area contributed by atoms with E-state index >= 15 is 0 Å². The van der Waals surface area contributed by atoms with Crippen LogP contribution in [0.1, 0.15) is 18.1 Å². The summed E-state index contributed by atoms with van der Waals surface area (Å²) in [5.41, 5.74) is 3.58. The Morgan fingerprint density at radius 1 is 1.06 bits per heavy atom. The van der Waals surface area contributed by atoms with Crippen LogP contribution < -0.4 is 15.4 Å². The number of halogens is 1. The fourth-order valence-electron chi connectivity index (χ4n) is 4.04. The molecule has 0 atom stereocenters. The maximum absolute atomic E-state index is 6.11. The van der Waals surface area contributed by atoms with Crippen molar-refractivity contribution in [2.45, 2.75) is 19.9 Å². The van der Waals surface area contributed by atoms with Gasteiger partial charge in [0.15, 0.2) is 5.96 Å². The van der Waals surface area contributed by atoms with E-state index in [0.29, 0.717) is 13.2 Å². The molecule has 0 unspecified atom stereocenters. The molecule has 4 rings (SSSR count). The van der Waals surface area contributed by atoms with Crippen LogP contribution in [0.2, 0.25) is 0 Å². The van der Waals surface area contributed by atoms with Crippen LogP contribution >= 0.6 is 24.0 Å². The number of aromatic amines is 1. The maximum Gasteiger partial charge on any atom is 0.191 e. The van der Waals surface area contributed by atoms with Gasteiger partial charge in [-0.25, -0.2) is 4.99 Å². The average molecular weight is 578 g/mol. The lowest BCUT2D eigenvalue weighted by atomic mass is 10.1. The van der Waals surface area contributed by atoms with Crippen molar-refractivity contribution >= 4 is 40.8 Å². The summed E-state index contributed by atoms with van der Waals surface area (Å²) in [6.07, 6.45) is 3.02. The molecule has 3 N–H and O–H groups in total. The summed E-state index contributed by atoms with van der Waals surface area (Å²) in [6, 6.07) is 16.6. The second kappa shape index (κ2) is 14.2. The molecule has 0 bridgehead atoms. The van der Waals surface area contributed by atoms with E-state index in [0.717, 1.165) is 69.6 Å². The number of aliphatic imine (C=N–C) groups is 1. The Labute approximate surface area is 219 Å². The molecule has 1 aliphatic heterocycles. The van der Waals surface area contributed by atoms with Crippen LogP contribution in [-0.2, 0) is 17.7 Å². The first-order valence-corrected chi connectivity index (χ1v) is 11.9. The second-order valence-electron chi connectivity index (χ2n) is 8.14. The zero-order valence-corrected chi connectivity index (χ0v) is 22.2. The first-order valence-electron chi connectivity index (χ1n) is 11.9. The molecule has 0 aliphatic carbocycles. The van der Waals surface area contributed by atoms with Crippen molar-refractivity contribution in [2.24, 2.45) is 4.99 Å². The van der Waals surface area contributed by atoms with Gasteiger partial charge in [0.2, 0.25) is 0 Å². The minimum absolute atomic E-state index is 0.